The predicted molar refractivity (Wildman–Crippen MR) is 99.2 cm³/mol. The summed E-state index contributed by atoms with van der Waals surface area (Å²) in [5.74, 6) is -0.692. The molecule has 3 aromatic carbocycles. The lowest BCUT2D eigenvalue weighted by Crippen LogP contribution is -2.57. The van der Waals surface area contributed by atoms with Crippen LogP contribution in [0, 0.1) is 0 Å². The number of ketones is 1. The van der Waals surface area contributed by atoms with Crippen molar-refractivity contribution in [2.45, 2.75) is 11.6 Å². The van der Waals surface area contributed by atoms with Gasteiger partial charge in [0.15, 0.2) is 11.4 Å². The van der Waals surface area contributed by atoms with E-state index in [0.29, 0.717) is 11.1 Å². The van der Waals surface area contributed by atoms with Crippen LogP contribution in [0.5, 0.6) is 0 Å². The maximum absolute atomic E-state index is 13.3. The molecular weight excluding hydrogens is 324 g/mol. The van der Waals surface area contributed by atoms with Gasteiger partial charge >= 0.3 is 0 Å². The third-order valence-electron chi connectivity index (χ3n) is 5.26. The molecule has 0 saturated heterocycles. The van der Waals surface area contributed by atoms with Crippen LogP contribution in [0.1, 0.15) is 37.8 Å². The van der Waals surface area contributed by atoms with Gasteiger partial charge in [0.2, 0.25) is 0 Å². The Balaban J connectivity index is 1.77. The number of anilines is 1. The second kappa shape index (κ2) is 5.30. The van der Waals surface area contributed by atoms with Crippen molar-refractivity contribution in [1.82, 2.24) is 5.32 Å². The number of nitrogens with one attached hydrogen (secondary N) is 2. The number of benzene rings is 3. The van der Waals surface area contributed by atoms with Crippen LogP contribution in [-0.2, 0) is 5.66 Å². The number of carbonyl (C=O) groups is 2. The van der Waals surface area contributed by atoms with E-state index in [9.17, 15) is 9.59 Å². The van der Waals surface area contributed by atoms with E-state index in [2.05, 4.69) is 10.6 Å². The number of rotatable bonds is 1. The Bertz CT molecular complexity index is 1040. The smallest absolute Gasteiger partial charge is 0.255 e. The molecule has 1 amide bonds. The van der Waals surface area contributed by atoms with Gasteiger partial charge in [-0.2, -0.15) is 0 Å². The van der Waals surface area contributed by atoms with Crippen LogP contribution < -0.4 is 10.6 Å². The molecule has 0 fully saturated rings. The average molecular weight is 340 g/mol. The van der Waals surface area contributed by atoms with E-state index in [1.165, 1.54) is 0 Å². The summed E-state index contributed by atoms with van der Waals surface area (Å²) >= 11 is 0. The Hall–Kier alpha value is -3.40. The summed E-state index contributed by atoms with van der Waals surface area (Å²) in [4.78, 5) is 26.2. The number of para-hydroxylation sites is 1. The van der Waals surface area contributed by atoms with E-state index in [0.717, 1.165) is 16.8 Å². The van der Waals surface area contributed by atoms with Gasteiger partial charge in [-0.1, -0.05) is 66.7 Å². The van der Waals surface area contributed by atoms with Crippen molar-refractivity contribution in [2.75, 3.05) is 5.32 Å². The van der Waals surface area contributed by atoms with Crippen molar-refractivity contribution in [3.05, 3.63) is 101 Å². The first-order chi connectivity index (χ1) is 12.7. The fraction of sp³-hybridized carbons (Fsp3) is 0.0909. The van der Waals surface area contributed by atoms with E-state index < -0.39 is 11.6 Å². The maximum Gasteiger partial charge on any atom is 0.255 e. The second-order valence-corrected chi connectivity index (χ2v) is 6.69. The summed E-state index contributed by atoms with van der Waals surface area (Å²) in [5.41, 5.74) is 2.67. The van der Waals surface area contributed by atoms with Crippen molar-refractivity contribution >= 4 is 17.4 Å². The third-order valence-corrected chi connectivity index (χ3v) is 5.26. The molecule has 26 heavy (non-hydrogen) atoms. The molecule has 1 spiro atoms. The molecule has 0 unspecified atom stereocenters. The molecule has 0 saturated carbocycles. The molecule has 4 heteroatoms. The van der Waals surface area contributed by atoms with Crippen LogP contribution in [0.15, 0.2) is 78.9 Å². The monoisotopic (exact) mass is 340 g/mol. The summed E-state index contributed by atoms with van der Waals surface area (Å²) in [5, 5.41) is 6.60. The average Bonchev–Trinajstić information content (AvgIpc) is 2.91. The highest BCUT2D eigenvalue weighted by Crippen LogP contribution is 2.49. The van der Waals surface area contributed by atoms with Gasteiger partial charge in [-0.15, -0.1) is 0 Å². The molecule has 3 aromatic rings. The van der Waals surface area contributed by atoms with E-state index in [1.54, 1.807) is 6.07 Å². The SMILES string of the molecule is O=C1N[C@@]2(Nc3ccccc31)c1ccccc1C(=O)[C@@H]2c1ccccc1. The molecule has 4 nitrogen and oxygen atoms in total. The summed E-state index contributed by atoms with van der Waals surface area (Å²) in [6.45, 7) is 0. The Morgan fingerprint density at radius 2 is 1.35 bits per heavy atom. The number of fused-ring (bicyclic) bond motifs is 3. The molecular formula is C22H16N2O2. The number of hydrogen-bond donors (Lipinski definition) is 2. The van der Waals surface area contributed by atoms with E-state index in [-0.39, 0.29) is 11.7 Å². The zero-order chi connectivity index (χ0) is 17.7. The van der Waals surface area contributed by atoms with Gasteiger partial charge in [0.1, 0.15) is 0 Å². The van der Waals surface area contributed by atoms with Crippen molar-refractivity contribution in [3.8, 4) is 0 Å². The molecule has 0 bridgehead atoms. The Kier molecular flexibility index (Phi) is 3.04. The largest absolute Gasteiger partial charge is 0.357 e. The fourth-order valence-electron chi connectivity index (χ4n) is 4.16. The van der Waals surface area contributed by atoms with Gasteiger partial charge in [0.05, 0.1) is 11.5 Å². The van der Waals surface area contributed by atoms with E-state index in [4.69, 9.17) is 0 Å². The van der Waals surface area contributed by atoms with Gasteiger partial charge in [0, 0.05) is 16.8 Å². The number of carbonyl (C=O) groups excluding carboxylic acids is 2. The lowest BCUT2D eigenvalue weighted by atomic mass is 9.83. The fourth-order valence-corrected chi connectivity index (χ4v) is 4.16. The number of hydrogen-bond acceptors (Lipinski definition) is 3. The summed E-state index contributed by atoms with van der Waals surface area (Å²) < 4.78 is 0. The Labute approximate surface area is 150 Å². The minimum absolute atomic E-state index is 0.0129. The molecule has 2 N–H and O–H groups in total. The van der Waals surface area contributed by atoms with Crippen LogP contribution >= 0.6 is 0 Å². The Morgan fingerprint density at radius 1 is 0.692 bits per heavy atom. The van der Waals surface area contributed by atoms with E-state index in [1.807, 2.05) is 72.8 Å². The Morgan fingerprint density at radius 3 is 2.15 bits per heavy atom. The number of amides is 1. The zero-order valence-electron chi connectivity index (χ0n) is 13.9. The minimum Gasteiger partial charge on any atom is -0.357 e. The molecule has 1 heterocycles. The quantitative estimate of drug-likeness (QED) is 0.710. The molecule has 0 radical (unpaired) electrons. The summed E-state index contributed by atoms with van der Waals surface area (Å²) in [6.07, 6.45) is 0. The normalized spacial score (nSPS) is 23.2. The standard InChI is InChI=1S/C22H16N2O2/c25-20-15-10-4-6-12-17(15)22(19(20)14-8-2-1-3-9-14)23-18-13-7-5-11-16(18)21(26)24-22/h1-13,19,23H,(H,24,26)/t19-,22-/m0/s1. The highest BCUT2D eigenvalue weighted by Gasteiger charge is 2.55. The minimum atomic E-state index is -0.986. The van der Waals surface area contributed by atoms with Crippen LogP contribution in [0.25, 0.3) is 0 Å². The van der Waals surface area contributed by atoms with Crippen LogP contribution in [-0.4, -0.2) is 11.7 Å². The molecule has 2 aliphatic rings. The molecule has 0 aromatic heterocycles. The van der Waals surface area contributed by atoms with Crippen molar-refractivity contribution in [2.24, 2.45) is 0 Å². The van der Waals surface area contributed by atoms with Crippen LogP contribution in [0.3, 0.4) is 0 Å². The van der Waals surface area contributed by atoms with Crippen molar-refractivity contribution in [1.29, 1.82) is 0 Å². The van der Waals surface area contributed by atoms with Gasteiger partial charge in [0.25, 0.3) is 5.91 Å². The molecule has 126 valence electrons. The first-order valence-corrected chi connectivity index (χ1v) is 8.59. The second-order valence-electron chi connectivity index (χ2n) is 6.69. The first-order valence-electron chi connectivity index (χ1n) is 8.59. The molecule has 2 atom stereocenters. The van der Waals surface area contributed by atoms with Crippen molar-refractivity contribution < 1.29 is 9.59 Å². The lowest BCUT2D eigenvalue weighted by molar-refractivity contribution is 0.0854. The number of Topliss-reactive ketones (excluding diaryl/α,β-unsaturated/α-hetero) is 1. The summed E-state index contributed by atoms with van der Waals surface area (Å²) in [6, 6.07) is 24.5. The first kappa shape index (κ1) is 14.9. The maximum atomic E-state index is 13.3. The highest BCUT2D eigenvalue weighted by molar-refractivity contribution is 6.11. The predicted octanol–water partition coefficient (Wildman–Crippen LogP) is 3.68. The summed E-state index contributed by atoms with van der Waals surface area (Å²) in [7, 11) is 0. The topological polar surface area (TPSA) is 58.2 Å². The van der Waals surface area contributed by atoms with Crippen LogP contribution in [0.2, 0.25) is 0 Å². The van der Waals surface area contributed by atoms with Gasteiger partial charge < -0.3 is 10.6 Å². The van der Waals surface area contributed by atoms with Gasteiger partial charge in [-0.3, -0.25) is 9.59 Å². The third kappa shape index (κ3) is 1.90. The lowest BCUT2D eigenvalue weighted by Gasteiger charge is -2.42. The zero-order valence-corrected chi connectivity index (χ0v) is 13.9. The molecule has 5 rings (SSSR count). The molecule has 1 aliphatic carbocycles. The van der Waals surface area contributed by atoms with Crippen LogP contribution in [0.4, 0.5) is 5.69 Å². The van der Waals surface area contributed by atoms with Gasteiger partial charge in [-0.25, -0.2) is 0 Å². The van der Waals surface area contributed by atoms with E-state index >= 15 is 0 Å². The van der Waals surface area contributed by atoms with Gasteiger partial charge in [-0.05, 0) is 17.7 Å². The van der Waals surface area contributed by atoms with Crippen molar-refractivity contribution in [3.63, 3.8) is 0 Å². The molecule has 1 aliphatic heterocycles. The highest BCUT2D eigenvalue weighted by atomic mass is 16.2.